The summed E-state index contributed by atoms with van der Waals surface area (Å²) in [6.45, 7) is 6.09. The van der Waals surface area contributed by atoms with Gasteiger partial charge in [-0.15, -0.1) is 0 Å². The highest BCUT2D eigenvalue weighted by Gasteiger charge is 2.07. The first-order valence-electron chi connectivity index (χ1n) is 6.43. The van der Waals surface area contributed by atoms with Gasteiger partial charge in [0, 0.05) is 19.5 Å². The molecule has 2 rings (SSSR count). The maximum atomic E-state index is 5.88. The highest BCUT2D eigenvalue weighted by atomic mass is 16.5. The molecular formula is C15H19N3O. The average Bonchev–Trinajstić information content (AvgIpc) is 2.42. The van der Waals surface area contributed by atoms with Gasteiger partial charge in [0.2, 0.25) is 5.88 Å². The Kier molecular flexibility index (Phi) is 4.00. The van der Waals surface area contributed by atoms with Crippen LogP contribution < -0.4 is 10.1 Å². The molecule has 0 aliphatic carbocycles. The molecule has 0 saturated carbocycles. The summed E-state index contributed by atoms with van der Waals surface area (Å²) < 4.78 is 5.88. The third-order valence-corrected chi connectivity index (χ3v) is 2.88. The zero-order valence-electron chi connectivity index (χ0n) is 11.8. The number of benzene rings is 1. The molecule has 0 aliphatic heterocycles. The molecular weight excluding hydrogens is 238 g/mol. The molecule has 1 aromatic heterocycles. The molecule has 4 heteroatoms. The summed E-state index contributed by atoms with van der Waals surface area (Å²) in [5, 5.41) is 3.02. The SMILES string of the molecule is CCc1nc(NC)cc(Oc2cc(C)ccc2C)n1. The molecule has 0 fully saturated rings. The molecule has 0 radical (unpaired) electrons. The minimum atomic E-state index is 0.574. The summed E-state index contributed by atoms with van der Waals surface area (Å²) in [7, 11) is 1.84. The van der Waals surface area contributed by atoms with Gasteiger partial charge in [-0.25, -0.2) is 4.98 Å². The summed E-state index contributed by atoms with van der Waals surface area (Å²) in [4.78, 5) is 8.74. The maximum Gasteiger partial charge on any atom is 0.224 e. The summed E-state index contributed by atoms with van der Waals surface area (Å²) >= 11 is 0. The number of hydrogen-bond donors (Lipinski definition) is 1. The highest BCUT2D eigenvalue weighted by Crippen LogP contribution is 2.26. The van der Waals surface area contributed by atoms with Crippen molar-refractivity contribution in [2.24, 2.45) is 0 Å². The highest BCUT2D eigenvalue weighted by molar-refractivity contribution is 5.42. The van der Waals surface area contributed by atoms with Gasteiger partial charge in [0.05, 0.1) is 0 Å². The van der Waals surface area contributed by atoms with Gasteiger partial charge in [-0.3, -0.25) is 0 Å². The fourth-order valence-corrected chi connectivity index (χ4v) is 1.74. The van der Waals surface area contributed by atoms with Crippen LogP contribution in [0.1, 0.15) is 23.9 Å². The van der Waals surface area contributed by atoms with Crippen LogP contribution in [-0.4, -0.2) is 17.0 Å². The van der Waals surface area contributed by atoms with Crippen molar-refractivity contribution in [3.8, 4) is 11.6 Å². The van der Waals surface area contributed by atoms with E-state index >= 15 is 0 Å². The molecule has 0 saturated heterocycles. The monoisotopic (exact) mass is 257 g/mol. The van der Waals surface area contributed by atoms with E-state index in [0.717, 1.165) is 29.4 Å². The molecule has 1 heterocycles. The molecule has 0 unspecified atom stereocenters. The Bertz CT molecular complexity index is 559. The van der Waals surface area contributed by atoms with Crippen LogP contribution in [0.4, 0.5) is 5.82 Å². The van der Waals surface area contributed by atoms with E-state index in [4.69, 9.17) is 4.74 Å². The van der Waals surface area contributed by atoms with Gasteiger partial charge in [0.25, 0.3) is 0 Å². The van der Waals surface area contributed by atoms with Crippen molar-refractivity contribution in [1.82, 2.24) is 9.97 Å². The second kappa shape index (κ2) is 5.69. The topological polar surface area (TPSA) is 47.0 Å². The number of aromatic nitrogens is 2. The number of ether oxygens (including phenoxy) is 1. The number of hydrogen-bond acceptors (Lipinski definition) is 4. The van der Waals surface area contributed by atoms with Gasteiger partial charge in [0.15, 0.2) is 0 Å². The Labute approximate surface area is 113 Å². The predicted octanol–water partition coefficient (Wildman–Crippen LogP) is 3.49. The van der Waals surface area contributed by atoms with Gasteiger partial charge in [-0.2, -0.15) is 4.98 Å². The molecule has 100 valence electrons. The summed E-state index contributed by atoms with van der Waals surface area (Å²) in [5.41, 5.74) is 2.26. The van der Waals surface area contributed by atoms with E-state index in [1.54, 1.807) is 6.07 Å². The Morgan fingerprint density at radius 3 is 2.63 bits per heavy atom. The van der Waals surface area contributed by atoms with E-state index in [0.29, 0.717) is 5.88 Å². The number of aryl methyl sites for hydroxylation is 3. The lowest BCUT2D eigenvalue weighted by molar-refractivity contribution is 0.455. The molecule has 19 heavy (non-hydrogen) atoms. The first kappa shape index (κ1) is 13.3. The number of nitrogens with one attached hydrogen (secondary N) is 1. The Balaban J connectivity index is 2.34. The largest absolute Gasteiger partial charge is 0.439 e. The quantitative estimate of drug-likeness (QED) is 0.910. The van der Waals surface area contributed by atoms with Crippen LogP contribution >= 0.6 is 0 Å². The zero-order valence-corrected chi connectivity index (χ0v) is 11.8. The molecule has 0 bridgehead atoms. The molecule has 0 atom stereocenters. The first-order chi connectivity index (χ1) is 9.12. The Hall–Kier alpha value is -2.10. The fourth-order valence-electron chi connectivity index (χ4n) is 1.74. The van der Waals surface area contributed by atoms with Crippen LogP contribution in [0.3, 0.4) is 0 Å². The van der Waals surface area contributed by atoms with Crippen LogP contribution in [0.2, 0.25) is 0 Å². The predicted molar refractivity (Wildman–Crippen MR) is 76.9 cm³/mol. The maximum absolute atomic E-state index is 5.88. The third kappa shape index (κ3) is 3.22. The Morgan fingerprint density at radius 1 is 1.16 bits per heavy atom. The third-order valence-electron chi connectivity index (χ3n) is 2.88. The Morgan fingerprint density at radius 2 is 1.95 bits per heavy atom. The normalized spacial score (nSPS) is 10.3. The molecule has 0 aliphatic rings. The summed E-state index contributed by atoms with van der Waals surface area (Å²) in [6.07, 6.45) is 0.776. The lowest BCUT2D eigenvalue weighted by atomic mass is 10.1. The van der Waals surface area contributed by atoms with Crippen molar-refractivity contribution >= 4 is 5.82 Å². The van der Waals surface area contributed by atoms with E-state index in [2.05, 4.69) is 21.4 Å². The minimum absolute atomic E-state index is 0.574. The molecule has 4 nitrogen and oxygen atoms in total. The molecule has 1 aromatic carbocycles. The molecule has 2 aromatic rings. The van der Waals surface area contributed by atoms with E-state index in [1.807, 2.05) is 40.0 Å². The number of rotatable bonds is 4. The van der Waals surface area contributed by atoms with Gasteiger partial charge in [-0.1, -0.05) is 19.1 Å². The van der Waals surface area contributed by atoms with E-state index in [9.17, 15) is 0 Å². The van der Waals surface area contributed by atoms with Crippen molar-refractivity contribution in [1.29, 1.82) is 0 Å². The van der Waals surface area contributed by atoms with Crippen molar-refractivity contribution in [3.05, 3.63) is 41.2 Å². The zero-order chi connectivity index (χ0) is 13.8. The van der Waals surface area contributed by atoms with Gasteiger partial charge < -0.3 is 10.1 Å². The second-order valence-corrected chi connectivity index (χ2v) is 4.48. The standard InChI is InChI=1S/C15H19N3O/c1-5-13-17-14(16-4)9-15(18-13)19-12-8-10(2)6-7-11(12)3/h6-9H,5H2,1-4H3,(H,16,17,18). The molecule has 1 N–H and O–H groups in total. The number of nitrogens with zero attached hydrogens (tertiary/aromatic N) is 2. The van der Waals surface area contributed by atoms with E-state index in [-0.39, 0.29) is 0 Å². The smallest absolute Gasteiger partial charge is 0.224 e. The number of anilines is 1. The second-order valence-electron chi connectivity index (χ2n) is 4.48. The lowest BCUT2D eigenvalue weighted by Crippen LogP contribution is -2.01. The van der Waals surface area contributed by atoms with Crippen LogP contribution in [-0.2, 0) is 6.42 Å². The summed E-state index contributed by atoms with van der Waals surface area (Å²) in [6, 6.07) is 7.94. The average molecular weight is 257 g/mol. The van der Waals surface area contributed by atoms with Crippen LogP contribution in [0.25, 0.3) is 0 Å². The van der Waals surface area contributed by atoms with Crippen molar-refractivity contribution in [2.75, 3.05) is 12.4 Å². The van der Waals surface area contributed by atoms with Crippen LogP contribution in [0.15, 0.2) is 24.3 Å². The van der Waals surface area contributed by atoms with Crippen LogP contribution in [0, 0.1) is 13.8 Å². The first-order valence-corrected chi connectivity index (χ1v) is 6.43. The molecule has 0 spiro atoms. The van der Waals surface area contributed by atoms with Gasteiger partial charge in [0.1, 0.15) is 17.4 Å². The van der Waals surface area contributed by atoms with Crippen molar-refractivity contribution in [2.45, 2.75) is 27.2 Å². The fraction of sp³-hybridized carbons (Fsp3) is 0.333. The lowest BCUT2D eigenvalue weighted by Gasteiger charge is -2.10. The molecule has 0 amide bonds. The van der Waals surface area contributed by atoms with E-state index < -0.39 is 0 Å². The van der Waals surface area contributed by atoms with Crippen molar-refractivity contribution < 1.29 is 4.74 Å². The summed E-state index contributed by atoms with van der Waals surface area (Å²) in [5.74, 6) is 2.95. The van der Waals surface area contributed by atoms with Gasteiger partial charge >= 0.3 is 0 Å². The minimum Gasteiger partial charge on any atom is -0.439 e. The van der Waals surface area contributed by atoms with Gasteiger partial charge in [-0.05, 0) is 31.0 Å². The van der Waals surface area contributed by atoms with Crippen LogP contribution in [0.5, 0.6) is 11.6 Å². The van der Waals surface area contributed by atoms with E-state index in [1.165, 1.54) is 5.56 Å². The van der Waals surface area contributed by atoms with Crippen molar-refractivity contribution in [3.63, 3.8) is 0 Å².